The molecule has 0 saturated carbocycles. The molecular weight excluding hydrogens is 840 g/mol. The number of hydrogen-bond acceptors (Lipinski definition) is 9. The Labute approximate surface area is 338 Å². The smallest absolute Gasteiger partial charge is 0.506 e. The first kappa shape index (κ1) is 41.1. The van der Waals surface area contributed by atoms with Gasteiger partial charge in [-0.15, -0.1) is 0 Å². The van der Waals surface area contributed by atoms with E-state index in [0.29, 0.717) is 79.6 Å². The molecule has 3 N–H and O–H groups in total. The average Bonchev–Trinajstić information content (AvgIpc) is 3.35. The molecule has 3 fully saturated rings. The third-order valence-corrected chi connectivity index (χ3v) is 13.4. The highest BCUT2D eigenvalue weighted by molar-refractivity contribution is 9.11. The maximum atomic E-state index is 13.9. The zero-order chi connectivity index (χ0) is 39.3. The van der Waals surface area contributed by atoms with Crippen LogP contribution in [0.25, 0.3) is 0 Å². The van der Waals surface area contributed by atoms with E-state index in [4.69, 9.17) is 4.74 Å². The summed E-state index contributed by atoms with van der Waals surface area (Å²) in [6, 6.07) is 10.9. The van der Waals surface area contributed by atoms with E-state index in [0.717, 1.165) is 30.4 Å². The number of para-hydroxylation sites is 1. The van der Waals surface area contributed by atoms with Gasteiger partial charge in [-0.25, -0.2) is 9.28 Å². The topological polar surface area (TPSA) is 160 Å². The third-order valence-electron chi connectivity index (χ3n) is 12.2. The molecule has 4 amide bonds. The number of hydrogen-bond donors (Lipinski definition) is 3. The van der Waals surface area contributed by atoms with Crippen LogP contribution in [0.2, 0.25) is 0 Å². The second kappa shape index (κ2) is 17.7. The molecule has 0 aromatic heterocycles. The number of nitrogens with one attached hydrogen (secondary N) is 1. The lowest BCUT2D eigenvalue weighted by molar-refractivity contribution is -0.942. The first-order valence-electron chi connectivity index (χ1n) is 19.2. The van der Waals surface area contributed by atoms with Gasteiger partial charge in [0.2, 0.25) is 5.91 Å². The van der Waals surface area contributed by atoms with Gasteiger partial charge in [-0.1, -0.05) is 18.2 Å². The van der Waals surface area contributed by atoms with Crippen LogP contribution < -0.4 is 5.32 Å². The minimum absolute atomic E-state index is 0.0145. The van der Waals surface area contributed by atoms with Gasteiger partial charge in [0.1, 0.15) is 18.6 Å². The number of phenolic OH excluding ortho intramolecular Hbond substituents is 1. The number of quaternary nitrogens is 1. The van der Waals surface area contributed by atoms with Crippen LogP contribution in [-0.2, 0) is 32.1 Å². The molecule has 3 saturated heterocycles. The number of fused-ring (bicyclic) bond motifs is 1. The number of amides is 4. The Morgan fingerprint density at radius 3 is 2.33 bits per heavy atom. The zero-order valence-electron chi connectivity index (χ0n) is 31.3. The van der Waals surface area contributed by atoms with Gasteiger partial charge in [-0.3, -0.25) is 19.4 Å². The molecule has 16 heteroatoms. The summed E-state index contributed by atoms with van der Waals surface area (Å²) >= 11 is 6.84. The molecule has 6 rings (SSSR count). The molecule has 0 aliphatic carbocycles. The second-order valence-electron chi connectivity index (χ2n) is 15.0. The average molecular weight is 892 g/mol. The Balaban J connectivity index is 1.24. The summed E-state index contributed by atoms with van der Waals surface area (Å²) in [4.78, 5) is 73.4. The molecule has 0 radical (unpaired) electrons. The number of halogens is 2. The Hall–Kier alpha value is -3.57. The lowest BCUT2D eigenvalue weighted by atomic mass is 9.81. The fraction of sp³-hybridized carbons (Fsp3) is 0.564. The number of phenols is 1. The number of benzene rings is 2. The summed E-state index contributed by atoms with van der Waals surface area (Å²) in [5.74, 6) is -0.407. The van der Waals surface area contributed by atoms with Gasteiger partial charge >= 0.3 is 18.1 Å². The number of carboxylic acid groups (broad SMARTS) is 1. The van der Waals surface area contributed by atoms with Crippen LogP contribution in [0.15, 0.2) is 45.3 Å². The normalized spacial score (nSPS) is 25.4. The quantitative estimate of drug-likeness (QED) is 0.152. The molecule has 14 nitrogen and oxygen atoms in total. The molecule has 4 aliphatic heterocycles. The molecule has 0 spiro atoms. The third kappa shape index (κ3) is 8.58. The van der Waals surface area contributed by atoms with Crippen molar-refractivity contribution in [3.05, 3.63) is 56.5 Å². The number of piperidine rings is 2. The Bertz CT molecular complexity index is 1740. The number of urea groups is 1. The number of nitrogens with zero attached hydrogens (tertiary/aromatic N) is 5. The largest absolute Gasteiger partial charge is 0.515 e. The molecule has 0 bridgehead atoms. The molecule has 3 atom stereocenters. The SMILES string of the molecule is CCOC(=O)CCC(=O)N1CCN(C2CCN(C3(CC=O)CC(N4CCc5ccccc5NC4=O)CC[N@+]3(Cc3cc(Br)c(O)c(Br)c3)C(=O)O)CC2)CC1. The number of aldehydes is 1. The van der Waals surface area contributed by atoms with E-state index < -0.39 is 16.2 Å². The van der Waals surface area contributed by atoms with Gasteiger partial charge in [0.25, 0.3) is 0 Å². The molecule has 55 heavy (non-hydrogen) atoms. The van der Waals surface area contributed by atoms with Gasteiger partial charge in [0.05, 0.1) is 34.9 Å². The maximum Gasteiger partial charge on any atom is 0.515 e. The van der Waals surface area contributed by atoms with Crippen molar-refractivity contribution in [2.45, 2.75) is 82.6 Å². The van der Waals surface area contributed by atoms with Crippen LogP contribution in [-0.4, -0.2) is 141 Å². The van der Waals surface area contributed by atoms with Gasteiger partial charge in [-0.05, 0) is 81.8 Å². The predicted octanol–water partition coefficient (Wildman–Crippen LogP) is 5.40. The van der Waals surface area contributed by atoms with Crippen LogP contribution in [0.1, 0.15) is 63.0 Å². The number of carbonyl (C=O) groups excluding carboxylic acids is 4. The number of anilines is 1. The van der Waals surface area contributed by atoms with Gasteiger partial charge in [0.15, 0.2) is 5.66 Å². The van der Waals surface area contributed by atoms with Gasteiger partial charge < -0.3 is 34.9 Å². The lowest BCUT2D eigenvalue weighted by Crippen LogP contribution is -2.78. The van der Waals surface area contributed by atoms with Crippen LogP contribution in [0.4, 0.5) is 15.3 Å². The summed E-state index contributed by atoms with van der Waals surface area (Å²) in [5, 5.41) is 24.9. The zero-order valence-corrected chi connectivity index (χ0v) is 34.4. The molecular formula is C39H51Br2N6O8+. The van der Waals surface area contributed by atoms with Crippen molar-refractivity contribution in [1.82, 2.24) is 19.6 Å². The van der Waals surface area contributed by atoms with Crippen molar-refractivity contribution >= 4 is 67.8 Å². The highest BCUT2D eigenvalue weighted by atomic mass is 79.9. The van der Waals surface area contributed by atoms with Crippen LogP contribution >= 0.6 is 31.9 Å². The molecule has 2 unspecified atom stereocenters. The molecule has 298 valence electrons. The molecule has 2 aromatic carbocycles. The number of aromatic hydroxyl groups is 1. The van der Waals surface area contributed by atoms with Crippen LogP contribution in [0.3, 0.4) is 0 Å². The number of likely N-dealkylation sites (tertiary alicyclic amines) is 2. The lowest BCUT2D eigenvalue weighted by Gasteiger charge is -2.59. The van der Waals surface area contributed by atoms with E-state index in [1.807, 2.05) is 34.1 Å². The standard InChI is InChI=1S/C39H50Br2N6O8/c1-2-55-35(50)8-7-34(49)44-19-17-43(18-20-44)29-10-14-45(15-11-29)39(13-22-48)25-30(46-16-9-28-5-3-4-6-33(28)42-37(46)52)12-21-47(39,38(53)54)26-27-23-31(40)36(51)32(41)24-27/h3-6,22-24,29-30H,2,7-21,25-26H2,1H3,(H2-,42,51,52,53,54)/p+1/t30?,39?,47-/m0/s1. The summed E-state index contributed by atoms with van der Waals surface area (Å²) in [5.41, 5.74) is 1.31. The summed E-state index contributed by atoms with van der Waals surface area (Å²) < 4.78 is 5.41. The van der Waals surface area contributed by atoms with E-state index >= 15 is 0 Å². The number of piperazine rings is 1. The predicted molar refractivity (Wildman–Crippen MR) is 211 cm³/mol. The Morgan fingerprint density at radius 1 is 0.982 bits per heavy atom. The Kier molecular flexibility index (Phi) is 13.2. The number of esters is 1. The Morgan fingerprint density at radius 2 is 1.67 bits per heavy atom. The van der Waals surface area contributed by atoms with Crippen molar-refractivity contribution in [2.75, 3.05) is 64.3 Å². The summed E-state index contributed by atoms with van der Waals surface area (Å²) in [7, 11) is 0. The fourth-order valence-electron chi connectivity index (χ4n) is 9.33. The number of rotatable bonds is 11. The van der Waals surface area contributed by atoms with Gasteiger partial charge in [0, 0.05) is 88.4 Å². The van der Waals surface area contributed by atoms with Crippen molar-refractivity contribution in [3.8, 4) is 5.75 Å². The number of carbonyl (C=O) groups is 5. The molecule has 2 aromatic rings. The fourth-order valence-corrected chi connectivity index (χ4v) is 10.6. The monoisotopic (exact) mass is 889 g/mol. The van der Waals surface area contributed by atoms with E-state index in [2.05, 4.69) is 47.0 Å². The van der Waals surface area contributed by atoms with Crippen molar-refractivity contribution in [2.24, 2.45) is 0 Å². The molecule has 4 heterocycles. The van der Waals surface area contributed by atoms with Gasteiger partial charge in [-0.2, -0.15) is 4.79 Å². The van der Waals surface area contributed by atoms with E-state index in [1.54, 1.807) is 19.1 Å². The van der Waals surface area contributed by atoms with Crippen LogP contribution in [0.5, 0.6) is 5.75 Å². The van der Waals surface area contributed by atoms with E-state index in [9.17, 15) is 34.2 Å². The van der Waals surface area contributed by atoms with E-state index in [-0.39, 0.29) is 74.7 Å². The minimum atomic E-state index is -1.18. The van der Waals surface area contributed by atoms with Crippen molar-refractivity contribution in [3.63, 3.8) is 0 Å². The van der Waals surface area contributed by atoms with Crippen molar-refractivity contribution < 1.29 is 43.4 Å². The van der Waals surface area contributed by atoms with Crippen LogP contribution in [0, 0.1) is 0 Å². The molecule has 4 aliphatic rings. The first-order chi connectivity index (χ1) is 26.4. The highest BCUT2D eigenvalue weighted by Gasteiger charge is 2.64. The highest BCUT2D eigenvalue weighted by Crippen LogP contribution is 2.47. The second-order valence-corrected chi connectivity index (χ2v) is 16.7. The van der Waals surface area contributed by atoms with Crippen molar-refractivity contribution in [1.29, 1.82) is 0 Å². The summed E-state index contributed by atoms with van der Waals surface area (Å²) in [6.45, 7) is 6.39. The first-order valence-corrected chi connectivity index (χ1v) is 20.8. The minimum Gasteiger partial charge on any atom is -0.506 e. The number of ether oxygens (including phenoxy) is 1. The maximum absolute atomic E-state index is 13.9. The summed E-state index contributed by atoms with van der Waals surface area (Å²) in [6.07, 6.45) is 2.82. The van der Waals surface area contributed by atoms with E-state index in [1.165, 1.54) is 0 Å².